The van der Waals surface area contributed by atoms with Crippen LogP contribution in [0.25, 0.3) is 0 Å². The minimum atomic E-state index is -0.0437. The van der Waals surface area contributed by atoms with Gasteiger partial charge in [-0.25, -0.2) is 0 Å². The second-order valence-corrected chi connectivity index (χ2v) is 6.81. The summed E-state index contributed by atoms with van der Waals surface area (Å²) < 4.78 is 0. The number of hydrogen-bond acceptors (Lipinski definition) is 3. The third kappa shape index (κ3) is 4.41. The van der Waals surface area contributed by atoms with Crippen molar-refractivity contribution in [2.75, 3.05) is 5.32 Å². The lowest BCUT2D eigenvalue weighted by molar-refractivity contribution is -0.114. The van der Waals surface area contributed by atoms with Crippen LogP contribution in [0.4, 0.5) is 5.69 Å². The van der Waals surface area contributed by atoms with Crippen molar-refractivity contribution in [2.24, 2.45) is 0 Å². The van der Waals surface area contributed by atoms with Gasteiger partial charge in [0.15, 0.2) is 0 Å². The van der Waals surface area contributed by atoms with E-state index in [-0.39, 0.29) is 5.91 Å². The van der Waals surface area contributed by atoms with Crippen LogP contribution in [0.5, 0.6) is 0 Å². The van der Waals surface area contributed by atoms with Crippen LogP contribution in [0, 0.1) is 13.8 Å². The second kappa shape index (κ2) is 6.87. The molecule has 1 aromatic heterocycles. The number of benzene rings is 1. The average molecular weight is 302 g/mol. The van der Waals surface area contributed by atoms with Crippen molar-refractivity contribution < 1.29 is 4.79 Å². The molecule has 3 nitrogen and oxygen atoms in total. The molecular weight excluding hydrogens is 280 g/mol. The lowest BCUT2D eigenvalue weighted by Gasteiger charge is -2.14. The Kier molecular flexibility index (Phi) is 5.15. The van der Waals surface area contributed by atoms with E-state index in [1.807, 2.05) is 35.6 Å². The monoisotopic (exact) mass is 302 g/mol. The lowest BCUT2D eigenvalue weighted by Crippen LogP contribution is -2.18. The summed E-state index contributed by atoms with van der Waals surface area (Å²) in [5.74, 6) is -0.0437. The van der Waals surface area contributed by atoms with E-state index in [9.17, 15) is 4.79 Å². The molecule has 0 radical (unpaired) electrons. The van der Waals surface area contributed by atoms with Crippen LogP contribution in [0.15, 0.2) is 30.3 Å². The number of rotatable bonds is 5. The van der Waals surface area contributed by atoms with Crippen molar-refractivity contribution in [1.29, 1.82) is 0 Å². The number of hydrogen-bond donors (Lipinski definition) is 2. The van der Waals surface area contributed by atoms with Crippen LogP contribution in [-0.2, 0) is 11.3 Å². The molecule has 1 atom stereocenters. The summed E-state index contributed by atoms with van der Waals surface area (Å²) in [5.41, 5.74) is 3.43. The summed E-state index contributed by atoms with van der Waals surface area (Å²) in [6, 6.07) is 10.5. The van der Waals surface area contributed by atoms with Gasteiger partial charge in [-0.3, -0.25) is 4.79 Å². The van der Waals surface area contributed by atoms with Gasteiger partial charge in [-0.05, 0) is 50.1 Å². The highest BCUT2D eigenvalue weighted by atomic mass is 32.1. The van der Waals surface area contributed by atoms with E-state index in [1.54, 1.807) is 0 Å². The summed E-state index contributed by atoms with van der Waals surface area (Å²) >= 11 is 1.85. The normalized spacial score (nSPS) is 12.2. The maximum Gasteiger partial charge on any atom is 0.221 e. The zero-order valence-electron chi connectivity index (χ0n) is 13.0. The van der Waals surface area contributed by atoms with Gasteiger partial charge in [0.25, 0.3) is 0 Å². The van der Waals surface area contributed by atoms with Gasteiger partial charge in [-0.15, -0.1) is 11.3 Å². The highest BCUT2D eigenvalue weighted by molar-refractivity contribution is 7.12. The fourth-order valence-corrected chi connectivity index (χ4v) is 3.39. The fraction of sp³-hybridized carbons (Fsp3) is 0.353. The Bertz CT molecular complexity index is 616. The minimum Gasteiger partial charge on any atom is -0.326 e. The highest BCUT2D eigenvalue weighted by Gasteiger charge is 2.10. The van der Waals surface area contributed by atoms with E-state index in [4.69, 9.17) is 0 Å². The van der Waals surface area contributed by atoms with Gasteiger partial charge >= 0.3 is 0 Å². The molecule has 0 aliphatic rings. The van der Waals surface area contributed by atoms with Crippen LogP contribution in [0.2, 0.25) is 0 Å². The topological polar surface area (TPSA) is 41.1 Å². The van der Waals surface area contributed by atoms with Gasteiger partial charge in [0.05, 0.1) is 0 Å². The fourth-order valence-electron chi connectivity index (χ4n) is 2.37. The molecule has 0 aliphatic heterocycles. The van der Waals surface area contributed by atoms with Gasteiger partial charge in [0.2, 0.25) is 5.91 Å². The smallest absolute Gasteiger partial charge is 0.221 e. The predicted molar refractivity (Wildman–Crippen MR) is 89.8 cm³/mol. The van der Waals surface area contributed by atoms with Crippen molar-refractivity contribution in [2.45, 2.75) is 40.3 Å². The minimum absolute atomic E-state index is 0.0437. The molecule has 1 aromatic carbocycles. The number of aryl methyl sites for hydroxylation is 2. The van der Waals surface area contributed by atoms with Crippen LogP contribution in [-0.4, -0.2) is 5.91 Å². The molecule has 2 N–H and O–H groups in total. The summed E-state index contributed by atoms with van der Waals surface area (Å²) in [7, 11) is 0. The molecule has 21 heavy (non-hydrogen) atoms. The first-order chi connectivity index (χ1) is 9.95. The van der Waals surface area contributed by atoms with Crippen molar-refractivity contribution in [1.82, 2.24) is 5.32 Å². The Morgan fingerprint density at radius 3 is 2.43 bits per heavy atom. The van der Waals surface area contributed by atoms with Crippen molar-refractivity contribution >= 4 is 22.9 Å². The Balaban J connectivity index is 1.93. The average Bonchev–Trinajstić information content (AvgIpc) is 2.76. The van der Waals surface area contributed by atoms with Crippen molar-refractivity contribution in [3.63, 3.8) is 0 Å². The number of thiophene rings is 1. The Morgan fingerprint density at radius 2 is 1.90 bits per heavy atom. The molecule has 2 rings (SSSR count). The number of carbonyl (C=O) groups excluding carboxylic acids is 1. The zero-order valence-corrected chi connectivity index (χ0v) is 13.8. The molecule has 4 heteroatoms. The molecule has 0 saturated heterocycles. The first-order valence-corrected chi connectivity index (χ1v) is 7.94. The molecule has 1 amide bonds. The summed E-state index contributed by atoms with van der Waals surface area (Å²) in [5, 5.41) is 6.32. The predicted octanol–water partition coefficient (Wildman–Crippen LogP) is 4.17. The molecule has 2 aromatic rings. The first kappa shape index (κ1) is 15.7. The van der Waals surface area contributed by atoms with E-state index in [0.717, 1.165) is 12.2 Å². The number of carbonyl (C=O) groups is 1. The van der Waals surface area contributed by atoms with E-state index in [2.05, 4.69) is 37.5 Å². The van der Waals surface area contributed by atoms with Crippen LogP contribution >= 0.6 is 11.3 Å². The van der Waals surface area contributed by atoms with Crippen LogP contribution < -0.4 is 10.6 Å². The van der Waals surface area contributed by atoms with E-state index in [0.29, 0.717) is 6.04 Å². The summed E-state index contributed by atoms with van der Waals surface area (Å²) in [6.45, 7) is 8.85. The van der Waals surface area contributed by atoms with Crippen molar-refractivity contribution in [3.05, 3.63) is 51.2 Å². The Morgan fingerprint density at radius 1 is 1.24 bits per heavy atom. The van der Waals surface area contributed by atoms with Gasteiger partial charge in [-0.1, -0.05) is 12.1 Å². The number of amides is 1. The maximum absolute atomic E-state index is 11.0. The molecular formula is C17H22N2OS. The third-order valence-corrected chi connectivity index (χ3v) is 4.41. The summed E-state index contributed by atoms with van der Waals surface area (Å²) in [6.07, 6.45) is 0. The van der Waals surface area contributed by atoms with Gasteiger partial charge in [-0.2, -0.15) is 0 Å². The molecule has 0 aliphatic carbocycles. The van der Waals surface area contributed by atoms with E-state index < -0.39 is 0 Å². The van der Waals surface area contributed by atoms with Gasteiger partial charge < -0.3 is 10.6 Å². The standard InChI is InChI=1S/C17H22N2OS/c1-11-9-17(13(3)21-11)12(2)18-10-15-5-7-16(8-6-15)19-14(4)20/h5-9,12,18H,10H2,1-4H3,(H,19,20)/t12-/m0/s1. The highest BCUT2D eigenvalue weighted by Crippen LogP contribution is 2.26. The zero-order chi connectivity index (χ0) is 15.4. The van der Waals surface area contributed by atoms with E-state index in [1.165, 1.54) is 27.8 Å². The van der Waals surface area contributed by atoms with Crippen LogP contribution in [0.3, 0.4) is 0 Å². The molecule has 112 valence electrons. The van der Waals surface area contributed by atoms with Crippen LogP contribution in [0.1, 0.15) is 40.8 Å². The second-order valence-electron chi connectivity index (χ2n) is 5.35. The van der Waals surface area contributed by atoms with Crippen molar-refractivity contribution in [3.8, 4) is 0 Å². The SMILES string of the molecule is CC(=O)Nc1ccc(CN[C@@H](C)c2cc(C)sc2C)cc1. The maximum atomic E-state index is 11.0. The lowest BCUT2D eigenvalue weighted by atomic mass is 10.1. The summed E-state index contributed by atoms with van der Waals surface area (Å²) in [4.78, 5) is 13.7. The number of nitrogens with one attached hydrogen (secondary N) is 2. The Labute approximate surface area is 130 Å². The molecule has 0 fully saturated rings. The first-order valence-electron chi connectivity index (χ1n) is 7.12. The number of anilines is 1. The van der Waals surface area contributed by atoms with Gasteiger partial charge in [0, 0.05) is 35.0 Å². The molecule has 1 heterocycles. The largest absolute Gasteiger partial charge is 0.326 e. The quantitative estimate of drug-likeness (QED) is 0.870. The molecule has 0 bridgehead atoms. The molecule has 0 saturated carbocycles. The Hall–Kier alpha value is -1.65. The molecule has 0 spiro atoms. The van der Waals surface area contributed by atoms with Gasteiger partial charge in [0.1, 0.15) is 0 Å². The molecule has 0 unspecified atom stereocenters. The third-order valence-electron chi connectivity index (χ3n) is 3.43. The van der Waals surface area contributed by atoms with E-state index >= 15 is 0 Å².